The zero-order valence-electron chi connectivity index (χ0n) is 19.9. The van der Waals surface area contributed by atoms with Crippen LogP contribution in [0.3, 0.4) is 0 Å². The molecule has 0 aliphatic carbocycles. The van der Waals surface area contributed by atoms with Crippen LogP contribution in [-0.2, 0) is 0 Å². The molecule has 0 bridgehead atoms. The third kappa shape index (κ3) is 5.53. The number of hydrogen-bond donors (Lipinski definition) is 4. The van der Waals surface area contributed by atoms with E-state index >= 15 is 0 Å². The van der Waals surface area contributed by atoms with Gasteiger partial charge in [0.25, 0.3) is 0 Å². The Balaban J connectivity index is 1.95. The van der Waals surface area contributed by atoms with Crippen LogP contribution in [0.25, 0.3) is 0 Å². The second kappa shape index (κ2) is 11.0. The number of carbonyl (C=O) groups is 4. The van der Waals surface area contributed by atoms with Crippen molar-refractivity contribution in [3.05, 3.63) is 119 Å². The van der Waals surface area contributed by atoms with Crippen molar-refractivity contribution in [3.63, 3.8) is 0 Å². The van der Waals surface area contributed by atoms with E-state index in [2.05, 4.69) is 0 Å². The van der Waals surface area contributed by atoms with Crippen LogP contribution < -0.4 is 8.37 Å². The van der Waals surface area contributed by atoms with Gasteiger partial charge in [0.05, 0.1) is 32.0 Å². The quantitative estimate of drug-likeness (QED) is 0.193. The molecule has 0 amide bonds. The molecule has 0 aliphatic heterocycles. The summed E-state index contributed by atoms with van der Waals surface area (Å²) in [7, 11) is -3.09. The van der Waals surface area contributed by atoms with Crippen molar-refractivity contribution in [2.45, 2.75) is 9.79 Å². The maximum Gasteiger partial charge on any atom is 0.336 e. The zero-order chi connectivity index (χ0) is 28.2. The molecule has 0 aromatic heterocycles. The lowest BCUT2D eigenvalue weighted by Crippen LogP contribution is -2.18. The average molecular weight is 549 g/mol. The van der Waals surface area contributed by atoms with Crippen LogP contribution >= 0.6 is 10.6 Å². The van der Waals surface area contributed by atoms with Gasteiger partial charge in [-0.1, -0.05) is 47.0 Å². The minimum atomic E-state index is -3.09. The van der Waals surface area contributed by atoms with E-state index in [0.29, 0.717) is 9.79 Å². The highest BCUT2D eigenvalue weighted by Crippen LogP contribution is 2.63. The second-order valence-electron chi connectivity index (χ2n) is 7.93. The molecule has 0 radical (unpaired) electrons. The lowest BCUT2D eigenvalue weighted by molar-refractivity contribution is 0.0651. The molecule has 0 atom stereocenters. The van der Waals surface area contributed by atoms with E-state index in [1.54, 1.807) is 60.7 Å². The van der Waals surface area contributed by atoms with Crippen LogP contribution in [0.2, 0.25) is 0 Å². The third-order valence-electron chi connectivity index (χ3n) is 5.44. The van der Waals surface area contributed by atoms with Crippen LogP contribution in [0.15, 0.2) is 107 Å². The highest BCUT2D eigenvalue weighted by Gasteiger charge is 2.32. The largest absolute Gasteiger partial charge is 0.478 e. The number of rotatable bonds is 10. The zero-order valence-corrected chi connectivity index (χ0v) is 20.7. The normalized spacial score (nSPS) is 11.3. The first kappa shape index (κ1) is 26.8. The van der Waals surface area contributed by atoms with E-state index in [9.17, 15) is 39.6 Å². The van der Waals surface area contributed by atoms with E-state index < -0.39 is 56.7 Å². The van der Waals surface area contributed by atoms with Crippen molar-refractivity contribution < 1.29 is 48.0 Å². The first-order valence-corrected chi connectivity index (χ1v) is 12.6. The van der Waals surface area contributed by atoms with Crippen LogP contribution in [0.5, 0.6) is 11.5 Å². The van der Waals surface area contributed by atoms with E-state index in [1.165, 1.54) is 12.1 Å². The Hall–Kier alpha value is -5.29. The molecule has 0 saturated carbocycles. The van der Waals surface area contributed by atoms with Gasteiger partial charge in [-0.05, 0) is 60.7 Å². The van der Waals surface area contributed by atoms with Gasteiger partial charge in [-0.3, -0.25) is 0 Å². The van der Waals surface area contributed by atoms with E-state index in [1.807, 2.05) is 0 Å². The molecule has 10 nitrogen and oxygen atoms in total. The fourth-order valence-electron chi connectivity index (χ4n) is 3.69. The smallest absolute Gasteiger partial charge is 0.336 e. The van der Waals surface area contributed by atoms with Gasteiger partial charge in [-0.2, -0.15) is 0 Å². The Morgan fingerprint density at radius 2 is 0.795 bits per heavy atom. The maximum absolute atomic E-state index is 11.8. The Morgan fingerprint density at radius 1 is 0.462 bits per heavy atom. The second-order valence-corrected chi connectivity index (χ2v) is 10.2. The molecule has 4 aromatic rings. The van der Waals surface area contributed by atoms with Crippen molar-refractivity contribution in [1.29, 1.82) is 0 Å². The molecule has 11 heteroatoms. The van der Waals surface area contributed by atoms with Gasteiger partial charge >= 0.3 is 23.9 Å². The summed E-state index contributed by atoms with van der Waals surface area (Å²) in [6, 6.07) is 24.1. The summed E-state index contributed by atoms with van der Waals surface area (Å²) in [5.74, 6) is -5.87. The Morgan fingerprint density at radius 3 is 1.10 bits per heavy atom. The first-order chi connectivity index (χ1) is 18.6. The van der Waals surface area contributed by atoms with Gasteiger partial charge in [-0.25, -0.2) is 19.2 Å². The SMILES string of the molecule is O=C(O)c1ccc(OS(Oc2ccc(C(=O)O)c(C(=O)O)c2)(c2ccccc2)c2ccccc2)cc1C(=O)O. The van der Waals surface area contributed by atoms with Gasteiger partial charge in [0, 0.05) is 0 Å². The first-order valence-electron chi connectivity index (χ1n) is 11.2. The van der Waals surface area contributed by atoms with Crippen molar-refractivity contribution in [2.24, 2.45) is 0 Å². The summed E-state index contributed by atoms with van der Waals surface area (Å²) >= 11 is 0. The topological polar surface area (TPSA) is 168 Å². The highest BCUT2D eigenvalue weighted by atomic mass is 32.3. The van der Waals surface area contributed by atoms with Crippen LogP contribution in [0, 0.1) is 0 Å². The molecule has 4 rings (SSSR count). The van der Waals surface area contributed by atoms with Gasteiger partial charge in [0.2, 0.25) is 0 Å². The predicted molar refractivity (Wildman–Crippen MR) is 139 cm³/mol. The number of carboxylic acid groups (broad SMARTS) is 4. The summed E-state index contributed by atoms with van der Waals surface area (Å²) in [4.78, 5) is 47.7. The summed E-state index contributed by atoms with van der Waals surface area (Å²) in [5, 5.41) is 38.0. The molecule has 4 N–H and O–H groups in total. The summed E-state index contributed by atoms with van der Waals surface area (Å²) in [6.45, 7) is 0. The molecular formula is C28H20O10S. The molecule has 0 spiro atoms. The molecule has 198 valence electrons. The van der Waals surface area contributed by atoms with Gasteiger partial charge < -0.3 is 28.8 Å². The molecule has 0 fully saturated rings. The highest BCUT2D eigenvalue weighted by molar-refractivity contribution is 8.26. The number of hydrogen-bond acceptors (Lipinski definition) is 6. The minimum Gasteiger partial charge on any atom is -0.478 e. The summed E-state index contributed by atoms with van der Waals surface area (Å²) in [6.07, 6.45) is 0. The van der Waals surface area contributed by atoms with Crippen LogP contribution in [0.4, 0.5) is 0 Å². The van der Waals surface area contributed by atoms with E-state index in [4.69, 9.17) is 8.37 Å². The predicted octanol–water partition coefficient (Wildman–Crippen LogP) is 5.69. The molecule has 4 aromatic carbocycles. The molecule has 0 unspecified atom stereocenters. The molecule has 0 saturated heterocycles. The average Bonchev–Trinajstić information content (AvgIpc) is 2.93. The lowest BCUT2D eigenvalue weighted by Gasteiger charge is -2.43. The Labute approximate surface area is 223 Å². The molecule has 0 heterocycles. The standard InChI is InChI=1S/C28H20O10S/c29-25(30)21-13-11-17(15-23(21)27(33)34)37-39(19-7-3-1-4-8-19,20-9-5-2-6-10-20)38-18-12-14-22(26(31)32)24(16-18)28(35)36/h1-16H,(H,29,30)(H,31,32)(H,33,34)(H,35,36). The lowest BCUT2D eigenvalue weighted by atomic mass is 10.1. The van der Waals surface area contributed by atoms with Crippen molar-refractivity contribution in [1.82, 2.24) is 0 Å². The fraction of sp³-hybridized carbons (Fsp3) is 0. The molecule has 0 aliphatic rings. The number of carboxylic acids is 4. The number of benzene rings is 4. The van der Waals surface area contributed by atoms with Crippen LogP contribution in [-0.4, -0.2) is 44.3 Å². The van der Waals surface area contributed by atoms with Crippen molar-refractivity contribution >= 4 is 34.5 Å². The van der Waals surface area contributed by atoms with Gasteiger partial charge in [0.15, 0.2) is 11.5 Å². The van der Waals surface area contributed by atoms with E-state index in [0.717, 1.165) is 24.3 Å². The van der Waals surface area contributed by atoms with Crippen LogP contribution in [0.1, 0.15) is 41.4 Å². The summed E-state index contributed by atoms with van der Waals surface area (Å²) in [5.41, 5.74) is -1.89. The minimum absolute atomic E-state index is 0.0271. The Kier molecular flexibility index (Phi) is 7.54. The fourth-order valence-corrected chi connectivity index (χ4v) is 6.16. The van der Waals surface area contributed by atoms with Gasteiger partial charge in [-0.15, -0.1) is 0 Å². The molecule has 39 heavy (non-hydrogen) atoms. The van der Waals surface area contributed by atoms with Crippen molar-refractivity contribution in [2.75, 3.05) is 0 Å². The third-order valence-corrected chi connectivity index (χ3v) is 8.08. The number of aromatic carboxylic acids is 4. The maximum atomic E-state index is 11.8. The van der Waals surface area contributed by atoms with Crippen molar-refractivity contribution in [3.8, 4) is 11.5 Å². The summed E-state index contributed by atoms with van der Waals surface area (Å²) < 4.78 is 12.8. The monoisotopic (exact) mass is 548 g/mol. The van der Waals surface area contributed by atoms with Gasteiger partial charge in [0.1, 0.15) is 0 Å². The van der Waals surface area contributed by atoms with E-state index in [-0.39, 0.29) is 11.5 Å². The molecular weight excluding hydrogens is 528 g/mol. The Bertz CT molecular complexity index is 1450.